The third-order valence-electron chi connectivity index (χ3n) is 2.59. The quantitative estimate of drug-likeness (QED) is 0.492. The van der Waals surface area contributed by atoms with Gasteiger partial charge in [0, 0.05) is 5.69 Å². The molecule has 0 atom stereocenters. The highest BCUT2D eigenvalue weighted by Crippen LogP contribution is 2.19. The fourth-order valence-corrected chi connectivity index (χ4v) is 1.68. The van der Waals surface area contributed by atoms with E-state index in [0.717, 1.165) is 0 Å². The van der Waals surface area contributed by atoms with Crippen molar-refractivity contribution in [2.24, 2.45) is 0 Å². The summed E-state index contributed by atoms with van der Waals surface area (Å²) in [6.07, 6.45) is 0. The molecule has 0 aliphatic heterocycles. The third kappa shape index (κ3) is 5.19. The van der Waals surface area contributed by atoms with E-state index in [-0.39, 0.29) is 5.60 Å². The van der Waals surface area contributed by atoms with E-state index < -0.39 is 5.97 Å². The Labute approximate surface area is 120 Å². The number of carbonyl (C=O) groups excluding carboxylic acids is 1. The van der Waals surface area contributed by atoms with Crippen LogP contribution in [0.4, 0.5) is 5.69 Å². The predicted octanol–water partition coefficient (Wildman–Crippen LogP) is 2.39. The van der Waals surface area contributed by atoms with Crippen molar-refractivity contribution in [3.8, 4) is 0 Å². The first-order chi connectivity index (χ1) is 9.35. The van der Waals surface area contributed by atoms with Gasteiger partial charge in [-0.3, -0.25) is 0 Å². The molecule has 5 nitrogen and oxygen atoms in total. The lowest BCUT2D eigenvalue weighted by atomic mass is 10.1. The van der Waals surface area contributed by atoms with E-state index in [2.05, 4.69) is 0 Å². The van der Waals surface area contributed by atoms with Crippen molar-refractivity contribution in [2.45, 2.75) is 33.0 Å². The van der Waals surface area contributed by atoms with Crippen LogP contribution in [0.3, 0.4) is 0 Å². The fraction of sp³-hybridized carbons (Fsp3) is 0.533. The monoisotopic (exact) mass is 281 g/mol. The standard InChI is InChI=1S/C15H23NO4/c1-15(2,3)20-9-8-19-10-11-6-5-7-12(16)13(11)14(17)18-4/h5-7H,8-10,16H2,1-4H3. The number of nitrogens with two attached hydrogens (primary N) is 1. The lowest BCUT2D eigenvalue weighted by Gasteiger charge is -2.19. The summed E-state index contributed by atoms with van der Waals surface area (Å²) in [4.78, 5) is 11.7. The van der Waals surface area contributed by atoms with Gasteiger partial charge in [0.2, 0.25) is 0 Å². The van der Waals surface area contributed by atoms with Crippen molar-refractivity contribution < 1.29 is 19.0 Å². The number of anilines is 1. The molecule has 0 aliphatic carbocycles. The van der Waals surface area contributed by atoms with E-state index >= 15 is 0 Å². The maximum atomic E-state index is 11.7. The van der Waals surface area contributed by atoms with Crippen molar-refractivity contribution in [1.82, 2.24) is 0 Å². The average molecular weight is 281 g/mol. The van der Waals surface area contributed by atoms with Crippen molar-refractivity contribution in [1.29, 1.82) is 0 Å². The zero-order valence-electron chi connectivity index (χ0n) is 12.6. The van der Waals surface area contributed by atoms with Crippen LogP contribution in [-0.2, 0) is 20.8 Å². The first-order valence-electron chi connectivity index (χ1n) is 6.52. The molecular weight excluding hydrogens is 258 g/mol. The summed E-state index contributed by atoms with van der Waals surface area (Å²) >= 11 is 0. The van der Waals surface area contributed by atoms with E-state index in [1.165, 1.54) is 7.11 Å². The molecule has 20 heavy (non-hydrogen) atoms. The van der Waals surface area contributed by atoms with Gasteiger partial charge in [0.05, 0.1) is 38.1 Å². The number of carbonyl (C=O) groups is 1. The second-order valence-corrected chi connectivity index (χ2v) is 5.39. The second kappa shape index (κ2) is 7.26. The molecule has 1 rings (SSSR count). The molecule has 0 aromatic heterocycles. The number of hydrogen-bond donors (Lipinski definition) is 1. The molecule has 0 aliphatic rings. The SMILES string of the molecule is COC(=O)c1c(N)cccc1COCCOC(C)(C)C. The van der Waals surface area contributed by atoms with Crippen LogP contribution in [0.1, 0.15) is 36.7 Å². The van der Waals surface area contributed by atoms with Crippen LogP contribution in [-0.4, -0.2) is 31.9 Å². The van der Waals surface area contributed by atoms with Gasteiger partial charge >= 0.3 is 5.97 Å². The van der Waals surface area contributed by atoms with Crippen molar-refractivity contribution in [3.05, 3.63) is 29.3 Å². The Balaban J connectivity index is 2.56. The molecule has 0 heterocycles. The van der Waals surface area contributed by atoms with E-state index in [4.69, 9.17) is 19.9 Å². The normalized spacial score (nSPS) is 11.4. The van der Waals surface area contributed by atoms with Gasteiger partial charge in [-0.15, -0.1) is 0 Å². The van der Waals surface area contributed by atoms with Crippen LogP contribution in [0.2, 0.25) is 0 Å². The Bertz CT molecular complexity index is 452. The summed E-state index contributed by atoms with van der Waals surface area (Å²) in [5, 5.41) is 0. The molecular formula is C15H23NO4. The lowest BCUT2D eigenvalue weighted by molar-refractivity contribution is -0.0377. The third-order valence-corrected chi connectivity index (χ3v) is 2.59. The van der Waals surface area contributed by atoms with E-state index in [0.29, 0.717) is 36.6 Å². The Hall–Kier alpha value is -1.59. The number of ether oxygens (including phenoxy) is 3. The van der Waals surface area contributed by atoms with Crippen molar-refractivity contribution in [2.75, 3.05) is 26.1 Å². The number of benzene rings is 1. The molecule has 0 spiro atoms. The van der Waals surface area contributed by atoms with Crippen LogP contribution >= 0.6 is 0 Å². The highest BCUT2D eigenvalue weighted by atomic mass is 16.5. The molecule has 1 aromatic rings. The molecule has 0 amide bonds. The van der Waals surface area contributed by atoms with Gasteiger partial charge in [-0.1, -0.05) is 12.1 Å². The fourth-order valence-electron chi connectivity index (χ4n) is 1.68. The van der Waals surface area contributed by atoms with Gasteiger partial charge < -0.3 is 19.9 Å². The molecule has 0 fully saturated rings. The topological polar surface area (TPSA) is 70.8 Å². The highest BCUT2D eigenvalue weighted by molar-refractivity contribution is 5.96. The van der Waals surface area contributed by atoms with E-state index in [1.54, 1.807) is 18.2 Å². The maximum Gasteiger partial charge on any atom is 0.340 e. The van der Waals surface area contributed by atoms with Crippen LogP contribution in [0.15, 0.2) is 18.2 Å². The van der Waals surface area contributed by atoms with Crippen molar-refractivity contribution >= 4 is 11.7 Å². The molecule has 5 heteroatoms. The predicted molar refractivity (Wildman–Crippen MR) is 77.6 cm³/mol. The van der Waals surface area contributed by atoms with E-state index in [1.807, 2.05) is 20.8 Å². The smallest absolute Gasteiger partial charge is 0.340 e. The van der Waals surface area contributed by atoms with E-state index in [9.17, 15) is 4.79 Å². The summed E-state index contributed by atoms with van der Waals surface area (Å²) in [5.41, 5.74) is 7.10. The number of hydrogen-bond acceptors (Lipinski definition) is 5. The lowest BCUT2D eigenvalue weighted by Crippen LogP contribution is -2.22. The van der Waals surface area contributed by atoms with Crippen LogP contribution in [0.5, 0.6) is 0 Å². The molecule has 2 N–H and O–H groups in total. The molecule has 0 bridgehead atoms. The molecule has 0 saturated heterocycles. The first-order valence-corrected chi connectivity index (χ1v) is 6.52. The van der Waals surface area contributed by atoms with Gasteiger partial charge in [-0.25, -0.2) is 4.79 Å². The zero-order chi connectivity index (χ0) is 15.2. The Kier molecular flexibility index (Phi) is 5.98. The average Bonchev–Trinajstić information content (AvgIpc) is 2.36. The summed E-state index contributed by atoms with van der Waals surface area (Å²) in [5.74, 6) is -0.451. The molecule has 112 valence electrons. The maximum absolute atomic E-state index is 11.7. The summed E-state index contributed by atoms with van der Waals surface area (Å²) < 4.78 is 15.8. The largest absolute Gasteiger partial charge is 0.465 e. The van der Waals surface area contributed by atoms with Gasteiger partial charge in [0.25, 0.3) is 0 Å². The molecule has 0 saturated carbocycles. The van der Waals surface area contributed by atoms with Crippen molar-refractivity contribution in [3.63, 3.8) is 0 Å². The van der Waals surface area contributed by atoms with Gasteiger partial charge in [-0.05, 0) is 32.4 Å². The second-order valence-electron chi connectivity index (χ2n) is 5.39. The first kappa shape index (κ1) is 16.5. The minimum Gasteiger partial charge on any atom is -0.465 e. The highest BCUT2D eigenvalue weighted by Gasteiger charge is 2.15. The van der Waals surface area contributed by atoms with Gasteiger partial charge in [0.1, 0.15) is 0 Å². The summed E-state index contributed by atoms with van der Waals surface area (Å²) in [6.45, 7) is 7.20. The summed E-state index contributed by atoms with van der Waals surface area (Å²) in [7, 11) is 1.33. The minimum atomic E-state index is -0.451. The Morgan fingerprint density at radius 2 is 1.95 bits per heavy atom. The molecule has 0 radical (unpaired) electrons. The van der Waals surface area contributed by atoms with Crippen LogP contribution in [0, 0.1) is 0 Å². The number of rotatable bonds is 6. The molecule has 1 aromatic carbocycles. The van der Waals surface area contributed by atoms with Crippen LogP contribution in [0.25, 0.3) is 0 Å². The number of esters is 1. The van der Waals surface area contributed by atoms with Crippen LogP contribution < -0.4 is 5.73 Å². The Morgan fingerprint density at radius 3 is 2.55 bits per heavy atom. The molecule has 0 unspecified atom stereocenters. The summed E-state index contributed by atoms with van der Waals surface area (Å²) in [6, 6.07) is 5.25. The number of nitrogen functional groups attached to an aromatic ring is 1. The van der Waals surface area contributed by atoms with Gasteiger partial charge in [0.15, 0.2) is 0 Å². The number of methoxy groups -OCH3 is 1. The van der Waals surface area contributed by atoms with Gasteiger partial charge in [-0.2, -0.15) is 0 Å². The zero-order valence-corrected chi connectivity index (χ0v) is 12.6. The minimum absolute atomic E-state index is 0.183. The Morgan fingerprint density at radius 1 is 1.25 bits per heavy atom.